The highest BCUT2D eigenvalue weighted by Crippen LogP contribution is 2.38. The number of likely N-dealkylation sites (tertiary alicyclic amines) is 1. The quantitative estimate of drug-likeness (QED) is 0.550. The number of rotatable bonds is 7. The smallest absolute Gasteiger partial charge is 0.325 e. The summed E-state index contributed by atoms with van der Waals surface area (Å²) in [6, 6.07) is 9.86. The van der Waals surface area contributed by atoms with Gasteiger partial charge in [0.2, 0.25) is 5.91 Å². The minimum Gasteiger partial charge on any atom is -0.375 e. The van der Waals surface area contributed by atoms with E-state index in [4.69, 9.17) is 4.74 Å². The number of nitrogens with zero attached hydrogens (tertiary/aromatic N) is 2. The normalized spacial score (nSPS) is 26.8. The summed E-state index contributed by atoms with van der Waals surface area (Å²) in [7, 11) is 0. The van der Waals surface area contributed by atoms with E-state index in [0.29, 0.717) is 26.1 Å². The first-order chi connectivity index (χ1) is 14.5. The first kappa shape index (κ1) is 20.8. The minimum atomic E-state index is -0.811. The predicted molar refractivity (Wildman–Crippen MR) is 112 cm³/mol. The van der Waals surface area contributed by atoms with Crippen LogP contribution in [0.15, 0.2) is 30.3 Å². The van der Waals surface area contributed by atoms with E-state index in [-0.39, 0.29) is 30.4 Å². The maximum atomic E-state index is 13.0. The fourth-order valence-electron chi connectivity index (χ4n) is 4.79. The van der Waals surface area contributed by atoms with Gasteiger partial charge in [-0.15, -0.1) is 0 Å². The number of hydrogen-bond acceptors (Lipinski definition) is 4. The summed E-state index contributed by atoms with van der Waals surface area (Å²) in [4.78, 5) is 40.7. The Kier molecular flexibility index (Phi) is 6.09. The third-order valence-electron chi connectivity index (χ3n) is 6.80. The average Bonchev–Trinajstić information content (AvgIpc) is 2.94. The van der Waals surface area contributed by atoms with Crippen molar-refractivity contribution in [3.05, 3.63) is 35.9 Å². The van der Waals surface area contributed by atoms with Crippen LogP contribution in [0.4, 0.5) is 4.79 Å². The van der Waals surface area contributed by atoms with E-state index in [0.717, 1.165) is 37.0 Å². The van der Waals surface area contributed by atoms with Crippen molar-refractivity contribution in [3.63, 3.8) is 0 Å². The lowest BCUT2D eigenvalue weighted by molar-refractivity contribution is -0.149. The SMILES string of the molecule is C[C@H]1CCCC[C@@]12NC(=O)N(CC(=O)N1CC(OCCCc3ccccc3)C1)C2=O. The minimum absolute atomic E-state index is 0.0394. The van der Waals surface area contributed by atoms with Gasteiger partial charge in [-0.25, -0.2) is 4.79 Å². The molecular formula is C23H31N3O4. The van der Waals surface area contributed by atoms with Crippen molar-refractivity contribution in [3.8, 4) is 0 Å². The molecule has 3 aliphatic rings. The van der Waals surface area contributed by atoms with Crippen molar-refractivity contribution in [2.75, 3.05) is 26.2 Å². The molecule has 1 aliphatic carbocycles. The average molecular weight is 414 g/mol. The lowest BCUT2D eigenvalue weighted by atomic mass is 9.73. The number of hydrogen-bond donors (Lipinski definition) is 1. The Labute approximate surface area is 177 Å². The molecule has 30 heavy (non-hydrogen) atoms. The van der Waals surface area contributed by atoms with Crippen LogP contribution in [0.25, 0.3) is 0 Å². The van der Waals surface area contributed by atoms with Crippen LogP contribution in [-0.2, 0) is 20.7 Å². The molecule has 7 nitrogen and oxygen atoms in total. The molecule has 2 heterocycles. The summed E-state index contributed by atoms with van der Waals surface area (Å²) < 4.78 is 5.84. The van der Waals surface area contributed by atoms with Crippen LogP contribution in [0.1, 0.15) is 44.6 Å². The Morgan fingerprint density at radius 2 is 1.97 bits per heavy atom. The number of carbonyl (C=O) groups is 3. The first-order valence-corrected chi connectivity index (χ1v) is 11.1. The Balaban J connectivity index is 1.19. The molecule has 0 bridgehead atoms. The summed E-state index contributed by atoms with van der Waals surface area (Å²) in [5, 5.41) is 2.90. The van der Waals surface area contributed by atoms with Crippen molar-refractivity contribution in [2.45, 2.75) is 57.1 Å². The van der Waals surface area contributed by atoms with E-state index in [1.165, 1.54) is 5.56 Å². The van der Waals surface area contributed by atoms with Gasteiger partial charge in [0, 0.05) is 19.7 Å². The fraction of sp³-hybridized carbons (Fsp3) is 0.609. The van der Waals surface area contributed by atoms with Crippen LogP contribution in [0.2, 0.25) is 0 Å². The van der Waals surface area contributed by atoms with Crippen molar-refractivity contribution in [1.29, 1.82) is 0 Å². The molecule has 162 valence electrons. The van der Waals surface area contributed by atoms with Crippen molar-refractivity contribution >= 4 is 17.8 Å². The Morgan fingerprint density at radius 3 is 2.70 bits per heavy atom. The zero-order valence-corrected chi connectivity index (χ0v) is 17.6. The van der Waals surface area contributed by atoms with Crippen molar-refractivity contribution in [1.82, 2.24) is 15.1 Å². The third kappa shape index (κ3) is 4.08. The second kappa shape index (κ2) is 8.76. The van der Waals surface area contributed by atoms with E-state index >= 15 is 0 Å². The van der Waals surface area contributed by atoms with E-state index < -0.39 is 11.6 Å². The monoisotopic (exact) mass is 413 g/mol. The molecule has 4 rings (SSSR count). The number of carbonyl (C=O) groups excluding carboxylic acids is 3. The summed E-state index contributed by atoms with van der Waals surface area (Å²) in [5.41, 5.74) is 0.486. The molecular weight excluding hydrogens is 382 g/mol. The molecule has 1 N–H and O–H groups in total. The maximum Gasteiger partial charge on any atom is 0.325 e. The lowest BCUT2D eigenvalue weighted by Gasteiger charge is -2.39. The van der Waals surface area contributed by atoms with Gasteiger partial charge in [-0.3, -0.25) is 14.5 Å². The van der Waals surface area contributed by atoms with Crippen LogP contribution >= 0.6 is 0 Å². The van der Waals surface area contributed by atoms with Crippen LogP contribution in [0, 0.1) is 5.92 Å². The van der Waals surface area contributed by atoms with Crippen molar-refractivity contribution in [2.24, 2.45) is 5.92 Å². The first-order valence-electron chi connectivity index (χ1n) is 11.1. The van der Waals surface area contributed by atoms with E-state index in [9.17, 15) is 14.4 Å². The largest absolute Gasteiger partial charge is 0.375 e. The molecule has 2 saturated heterocycles. The van der Waals surface area contributed by atoms with Gasteiger partial charge in [0.05, 0.1) is 6.10 Å². The number of urea groups is 1. The number of amides is 4. The van der Waals surface area contributed by atoms with E-state index in [2.05, 4.69) is 17.4 Å². The number of nitrogens with one attached hydrogen (secondary N) is 1. The highest BCUT2D eigenvalue weighted by Gasteiger charge is 2.55. The molecule has 1 aromatic carbocycles. The van der Waals surface area contributed by atoms with Gasteiger partial charge in [-0.2, -0.15) is 0 Å². The third-order valence-corrected chi connectivity index (χ3v) is 6.80. The number of imide groups is 1. The number of aryl methyl sites for hydroxylation is 1. The van der Waals surface area contributed by atoms with Gasteiger partial charge in [0.1, 0.15) is 12.1 Å². The molecule has 0 radical (unpaired) electrons. The molecule has 4 amide bonds. The van der Waals surface area contributed by atoms with Crippen LogP contribution < -0.4 is 5.32 Å². The predicted octanol–water partition coefficient (Wildman–Crippen LogP) is 2.35. The fourth-order valence-corrected chi connectivity index (χ4v) is 4.79. The molecule has 1 saturated carbocycles. The number of ether oxygens (including phenoxy) is 1. The molecule has 2 aliphatic heterocycles. The van der Waals surface area contributed by atoms with Gasteiger partial charge >= 0.3 is 6.03 Å². The molecule has 0 unspecified atom stereocenters. The number of benzene rings is 1. The molecule has 1 aromatic rings. The highest BCUT2D eigenvalue weighted by atomic mass is 16.5. The Morgan fingerprint density at radius 1 is 1.20 bits per heavy atom. The zero-order chi connectivity index (χ0) is 21.1. The summed E-state index contributed by atoms with van der Waals surface area (Å²) in [6.45, 7) is 3.54. The van der Waals surface area contributed by atoms with E-state index in [1.807, 2.05) is 25.1 Å². The highest BCUT2D eigenvalue weighted by molar-refractivity contribution is 6.09. The summed E-state index contributed by atoms with van der Waals surface area (Å²) in [5.74, 6) is -0.328. The molecule has 7 heteroatoms. The summed E-state index contributed by atoms with van der Waals surface area (Å²) in [6.07, 6.45) is 5.53. The Bertz CT molecular complexity index is 793. The molecule has 3 fully saturated rings. The van der Waals surface area contributed by atoms with Crippen LogP contribution in [0.3, 0.4) is 0 Å². The Hall–Kier alpha value is -2.41. The van der Waals surface area contributed by atoms with Gasteiger partial charge in [-0.1, -0.05) is 50.1 Å². The van der Waals surface area contributed by atoms with Gasteiger partial charge in [0.25, 0.3) is 5.91 Å². The lowest BCUT2D eigenvalue weighted by Crippen LogP contribution is -2.58. The van der Waals surface area contributed by atoms with Gasteiger partial charge < -0.3 is 15.0 Å². The summed E-state index contributed by atoms with van der Waals surface area (Å²) >= 11 is 0. The van der Waals surface area contributed by atoms with Gasteiger partial charge in [-0.05, 0) is 37.2 Å². The van der Waals surface area contributed by atoms with E-state index in [1.54, 1.807) is 4.90 Å². The van der Waals surface area contributed by atoms with Crippen LogP contribution in [0.5, 0.6) is 0 Å². The zero-order valence-electron chi connectivity index (χ0n) is 17.6. The van der Waals surface area contributed by atoms with Gasteiger partial charge in [0.15, 0.2) is 0 Å². The maximum absolute atomic E-state index is 13.0. The second-order valence-corrected chi connectivity index (χ2v) is 8.82. The topological polar surface area (TPSA) is 79.0 Å². The second-order valence-electron chi connectivity index (χ2n) is 8.82. The molecule has 2 atom stereocenters. The molecule has 0 aromatic heterocycles. The van der Waals surface area contributed by atoms with Crippen molar-refractivity contribution < 1.29 is 19.1 Å². The standard InChI is InChI=1S/C23H31N3O4/c1-17-8-5-6-12-23(17)21(28)26(22(29)24-23)16-20(27)25-14-19(15-25)30-13-7-11-18-9-3-2-4-10-18/h2-4,9-10,17,19H,5-8,11-16H2,1H3,(H,24,29)/t17-,23+/m0/s1. The van der Waals surface area contributed by atoms with Crippen LogP contribution in [-0.4, -0.2) is 65.5 Å². The molecule has 1 spiro atoms.